The van der Waals surface area contributed by atoms with E-state index in [1.165, 1.54) is 6.07 Å². The first-order chi connectivity index (χ1) is 8.69. The maximum absolute atomic E-state index is 11.9. The summed E-state index contributed by atoms with van der Waals surface area (Å²) < 4.78 is 0. The van der Waals surface area contributed by atoms with Crippen LogP contribution in [0.25, 0.3) is 0 Å². The normalized spacial score (nSPS) is 13.1. The predicted molar refractivity (Wildman–Crippen MR) is 78.3 cm³/mol. The van der Waals surface area contributed by atoms with Crippen LogP contribution in [0.1, 0.15) is 37.6 Å². The van der Waals surface area contributed by atoms with E-state index >= 15 is 0 Å². The molecule has 106 valence electrons. The number of halogens is 1. The largest absolute Gasteiger partial charge is 0.398 e. The number of nitrogens with two attached hydrogens (primary N) is 1. The molecule has 0 heterocycles. The molecule has 0 saturated carbocycles. The minimum absolute atomic E-state index is 0.0227. The Kier molecular flexibility index (Phi) is 5.20. The average Bonchev–Trinajstić information content (AvgIpc) is 2.27. The molecule has 0 aromatic heterocycles. The van der Waals surface area contributed by atoms with Gasteiger partial charge in [-0.2, -0.15) is 0 Å². The van der Waals surface area contributed by atoms with Crippen molar-refractivity contribution in [3.8, 4) is 0 Å². The number of benzene rings is 1. The summed E-state index contributed by atoms with van der Waals surface area (Å²) in [4.78, 5) is 11.9. The predicted octanol–water partition coefficient (Wildman–Crippen LogP) is 2.45. The third-order valence-corrected chi connectivity index (χ3v) is 2.95. The van der Waals surface area contributed by atoms with Gasteiger partial charge in [-0.25, -0.2) is 0 Å². The number of carbonyl (C=O) groups excluding carboxylic acids is 1. The lowest BCUT2D eigenvalue weighted by Gasteiger charge is -2.22. The van der Waals surface area contributed by atoms with Gasteiger partial charge in [-0.3, -0.25) is 4.79 Å². The molecule has 19 heavy (non-hydrogen) atoms. The lowest BCUT2D eigenvalue weighted by molar-refractivity contribution is 0.0868. The molecule has 0 aliphatic carbocycles. The maximum atomic E-state index is 11.9. The molecule has 1 aromatic carbocycles. The second-order valence-electron chi connectivity index (χ2n) is 5.86. The van der Waals surface area contributed by atoms with Crippen molar-refractivity contribution < 1.29 is 9.90 Å². The van der Waals surface area contributed by atoms with Crippen molar-refractivity contribution in [2.45, 2.75) is 33.3 Å². The van der Waals surface area contributed by atoms with Gasteiger partial charge in [0.2, 0.25) is 0 Å². The number of carbonyl (C=O) groups is 1. The van der Waals surface area contributed by atoms with Gasteiger partial charge in [-0.1, -0.05) is 32.4 Å². The van der Waals surface area contributed by atoms with Crippen LogP contribution in [0.5, 0.6) is 0 Å². The molecule has 1 rings (SSSR count). The lowest BCUT2D eigenvalue weighted by atomic mass is 9.89. The van der Waals surface area contributed by atoms with E-state index in [4.69, 9.17) is 17.3 Å². The Balaban J connectivity index is 2.53. The molecule has 5 heteroatoms. The van der Waals surface area contributed by atoms with E-state index in [1.807, 2.05) is 20.8 Å². The van der Waals surface area contributed by atoms with Gasteiger partial charge in [0.1, 0.15) is 0 Å². The van der Waals surface area contributed by atoms with E-state index < -0.39 is 6.10 Å². The number of anilines is 1. The zero-order valence-electron chi connectivity index (χ0n) is 11.5. The van der Waals surface area contributed by atoms with Gasteiger partial charge in [0, 0.05) is 12.1 Å². The summed E-state index contributed by atoms with van der Waals surface area (Å²) in [6.45, 7) is 6.34. The van der Waals surface area contributed by atoms with Crippen LogP contribution in [0.4, 0.5) is 5.69 Å². The molecule has 0 spiro atoms. The van der Waals surface area contributed by atoms with Crippen molar-refractivity contribution in [3.05, 3.63) is 28.8 Å². The van der Waals surface area contributed by atoms with Crippen LogP contribution < -0.4 is 11.1 Å². The number of nitrogen functional groups attached to an aromatic ring is 1. The highest BCUT2D eigenvalue weighted by atomic mass is 35.5. The molecule has 0 fully saturated rings. The first-order valence-electron chi connectivity index (χ1n) is 6.20. The molecular formula is C14H21ClN2O2. The van der Waals surface area contributed by atoms with Gasteiger partial charge in [0.05, 0.1) is 16.8 Å². The number of aliphatic hydroxyl groups is 1. The fourth-order valence-electron chi connectivity index (χ4n) is 1.78. The Hall–Kier alpha value is -1.26. The van der Waals surface area contributed by atoms with Crippen LogP contribution in [0.3, 0.4) is 0 Å². The van der Waals surface area contributed by atoms with E-state index in [9.17, 15) is 9.90 Å². The van der Waals surface area contributed by atoms with E-state index in [2.05, 4.69) is 5.32 Å². The number of nitrogens with one attached hydrogen (secondary N) is 1. The molecule has 1 aromatic rings. The summed E-state index contributed by atoms with van der Waals surface area (Å²) in [6.07, 6.45) is 0.0596. The van der Waals surface area contributed by atoms with E-state index in [0.717, 1.165) is 0 Å². The number of aliphatic hydroxyl groups excluding tert-OH is 1. The number of hydrogen-bond acceptors (Lipinski definition) is 3. The smallest absolute Gasteiger partial charge is 0.251 e. The summed E-state index contributed by atoms with van der Waals surface area (Å²) in [5, 5.41) is 12.9. The molecule has 0 radical (unpaired) electrons. The van der Waals surface area contributed by atoms with Gasteiger partial charge >= 0.3 is 0 Å². The summed E-state index contributed by atoms with van der Waals surface area (Å²) >= 11 is 5.79. The Morgan fingerprint density at radius 1 is 1.47 bits per heavy atom. The van der Waals surface area contributed by atoms with Gasteiger partial charge in [-0.15, -0.1) is 0 Å². The number of amides is 1. The fraction of sp³-hybridized carbons (Fsp3) is 0.500. The highest BCUT2D eigenvalue weighted by Crippen LogP contribution is 2.21. The maximum Gasteiger partial charge on any atom is 0.251 e. The van der Waals surface area contributed by atoms with Gasteiger partial charge < -0.3 is 16.2 Å². The summed E-state index contributed by atoms with van der Waals surface area (Å²) in [6, 6.07) is 4.70. The Morgan fingerprint density at radius 3 is 2.63 bits per heavy atom. The standard InChI is InChI=1S/C14H21ClN2O2/c1-14(2,3)7-10(18)8-17-13(19)9-4-5-11(15)12(16)6-9/h4-6,10,18H,7-8,16H2,1-3H3,(H,17,19). The van der Waals surface area contributed by atoms with Crippen LogP contribution in [0, 0.1) is 5.41 Å². The molecule has 4 nitrogen and oxygen atoms in total. The van der Waals surface area contributed by atoms with Crippen LogP contribution in [-0.2, 0) is 0 Å². The quantitative estimate of drug-likeness (QED) is 0.744. The third kappa shape index (κ3) is 5.49. The summed E-state index contributed by atoms with van der Waals surface area (Å²) in [5.74, 6) is -0.267. The Labute approximate surface area is 118 Å². The van der Waals surface area contributed by atoms with E-state index in [-0.39, 0.29) is 17.9 Å². The van der Waals surface area contributed by atoms with Crippen LogP contribution in [0.2, 0.25) is 5.02 Å². The molecule has 0 aliphatic heterocycles. The number of hydrogen-bond donors (Lipinski definition) is 3. The van der Waals surface area contributed by atoms with Crippen molar-refractivity contribution in [1.82, 2.24) is 5.32 Å². The molecule has 1 atom stereocenters. The van der Waals surface area contributed by atoms with Crippen LogP contribution >= 0.6 is 11.6 Å². The minimum atomic E-state index is -0.561. The van der Waals surface area contributed by atoms with Crippen LogP contribution in [-0.4, -0.2) is 23.7 Å². The Morgan fingerprint density at radius 2 is 2.11 bits per heavy atom. The first-order valence-corrected chi connectivity index (χ1v) is 6.58. The highest BCUT2D eigenvalue weighted by Gasteiger charge is 2.17. The topological polar surface area (TPSA) is 75.3 Å². The van der Waals surface area contributed by atoms with Crippen molar-refractivity contribution in [2.24, 2.45) is 5.41 Å². The lowest BCUT2D eigenvalue weighted by Crippen LogP contribution is -2.34. The second-order valence-corrected chi connectivity index (χ2v) is 6.27. The van der Waals surface area contributed by atoms with E-state index in [0.29, 0.717) is 22.7 Å². The molecule has 0 aliphatic rings. The minimum Gasteiger partial charge on any atom is -0.398 e. The molecular weight excluding hydrogens is 264 g/mol. The fourth-order valence-corrected chi connectivity index (χ4v) is 1.89. The third-order valence-electron chi connectivity index (χ3n) is 2.60. The van der Waals surface area contributed by atoms with Crippen molar-refractivity contribution >= 4 is 23.2 Å². The molecule has 4 N–H and O–H groups in total. The number of rotatable bonds is 4. The van der Waals surface area contributed by atoms with Crippen molar-refractivity contribution in [2.75, 3.05) is 12.3 Å². The molecule has 0 bridgehead atoms. The average molecular weight is 285 g/mol. The Bertz CT molecular complexity index is 455. The zero-order valence-corrected chi connectivity index (χ0v) is 12.3. The van der Waals surface area contributed by atoms with Crippen molar-refractivity contribution in [3.63, 3.8) is 0 Å². The zero-order chi connectivity index (χ0) is 14.6. The van der Waals surface area contributed by atoms with Gasteiger partial charge in [0.25, 0.3) is 5.91 Å². The SMILES string of the molecule is CC(C)(C)CC(O)CNC(=O)c1ccc(Cl)c(N)c1. The summed E-state index contributed by atoms with van der Waals surface area (Å²) in [7, 11) is 0. The first kappa shape index (κ1) is 15.8. The molecule has 1 amide bonds. The molecule has 0 saturated heterocycles. The van der Waals surface area contributed by atoms with Crippen molar-refractivity contribution in [1.29, 1.82) is 0 Å². The van der Waals surface area contributed by atoms with Gasteiger partial charge in [0.15, 0.2) is 0 Å². The van der Waals surface area contributed by atoms with Crippen LogP contribution in [0.15, 0.2) is 18.2 Å². The van der Waals surface area contributed by atoms with Gasteiger partial charge in [-0.05, 0) is 30.0 Å². The molecule has 1 unspecified atom stereocenters. The highest BCUT2D eigenvalue weighted by molar-refractivity contribution is 6.33. The van der Waals surface area contributed by atoms with E-state index in [1.54, 1.807) is 12.1 Å². The monoisotopic (exact) mass is 284 g/mol. The summed E-state index contributed by atoms with van der Waals surface area (Å²) in [5.41, 5.74) is 6.46. The second kappa shape index (κ2) is 6.26.